The molecule has 0 aliphatic heterocycles. The summed E-state index contributed by atoms with van der Waals surface area (Å²) in [7, 11) is 1.81. The molecule has 2 N–H and O–H groups in total. The van der Waals surface area contributed by atoms with Gasteiger partial charge in [-0.1, -0.05) is 56.3 Å². The fraction of sp³-hybridized carbons (Fsp3) is 0.370. The molecule has 0 aliphatic rings. The number of benzene rings is 2. The van der Waals surface area contributed by atoms with E-state index < -0.39 is 5.97 Å². The highest BCUT2D eigenvalue weighted by Crippen LogP contribution is 2.25. The van der Waals surface area contributed by atoms with Crippen LogP contribution >= 0.6 is 11.8 Å². The van der Waals surface area contributed by atoms with E-state index in [-0.39, 0.29) is 29.5 Å². The van der Waals surface area contributed by atoms with Crippen LogP contribution in [0.4, 0.5) is 5.69 Å². The minimum Gasteiger partial charge on any atom is -0.462 e. The molecule has 0 saturated heterocycles. The van der Waals surface area contributed by atoms with Gasteiger partial charge in [0.2, 0.25) is 5.91 Å². The fourth-order valence-corrected chi connectivity index (χ4v) is 4.23. The van der Waals surface area contributed by atoms with E-state index >= 15 is 0 Å². The van der Waals surface area contributed by atoms with Crippen molar-refractivity contribution < 1.29 is 19.1 Å². The maximum Gasteiger partial charge on any atom is 0.338 e. The maximum atomic E-state index is 12.8. The predicted octanol–water partition coefficient (Wildman–Crippen LogP) is 4.55. The van der Waals surface area contributed by atoms with E-state index in [1.807, 2.05) is 46.9 Å². The average Bonchev–Trinajstić information content (AvgIpc) is 3.24. The first-order valence-corrected chi connectivity index (χ1v) is 13.1. The Balaban J connectivity index is 1.62. The predicted molar refractivity (Wildman–Crippen MR) is 144 cm³/mol. The largest absolute Gasteiger partial charge is 0.462 e. The van der Waals surface area contributed by atoms with Crippen molar-refractivity contribution in [2.24, 2.45) is 13.0 Å². The van der Waals surface area contributed by atoms with Crippen LogP contribution in [0.1, 0.15) is 65.3 Å². The quantitative estimate of drug-likeness (QED) is 0.280. The lowest BCUT2D eigenvalue weighted by atomic mass is 10.0. The molecule has 0 saturated carbocycles. The minimum absolute atomic E-state index is 0.0646. The van der Waals surface area contributed by atoms with Gasteiger partial charge in [-0.15, -0.1) is 10.2 Å². The highest BCUT2D eigenvalue weighted by Gasteiger charge is 2.25. The zero-order valence-corrected chi connectivity index (χ0v) is 22.6. The smallest absolute Gasteiger partial charge is 0.338 e. The zero-order valence-electron chi connectivity index (χ0n) is 21.8. The molecular weight excluding hydrogens is 490 g/mol. The molecule has 9 nitrogen and oxygen atoms in total. The molecule has 37 heavy (non-hydrogen) atoms. The summed E-state index contributed by atoms with van der Waals surface area (Å²) >= 11 is 1.24. The summed E-state index contributed by atoms with van der Waals surface area (Å²) in [5, 5.41) is 15.0. The van der Waals surface area contributed by atoms with Gasteiger partial charge in [-0.3, -0.25) is 9.59 Å². The van der Waals surface area contributed by atoms with Gasteiger partial charge < -0.3 is 19.9 Å². The lowest BCUT2D eigenvalue weighted by molar-refractivity contribution is -0.113. The Labute approximate surface area is 221 Å². The number of nitrogens with zero attached hydrogens (tertiary/aromatic N) is 3. The first kappa shape index (κ1) is 27.9. The Morgan fingerprint density at radius 2 is 1.78 bits per heavy atom. The maximum absolute atomic E-state index is 12.8. The van der Waals surface area contributed by atoms with Gasteiger partial charge in [-0.25, -0.2) is 4.79 Å². The van der Waals surface area contributed by atoms with Gasteiger partial charge in [-0.05, 0) is 49.6 Å². The number of carbonyl (C=O) groups is 3. The molecule has 1 atom stereocenters. The van der Waals surface area contributed by atoms with Crippen LogP contribution in [-0.4, -0.2) is 44.9 Å². The molecule has 196 valence electrons. The second-order valence-electron chi connectivity index (χ2n) is 9.01. The number of esters is 1. The number of aromatic nitrogens is 3. The monoisotopic (exact) mass is 523 g/mol. The molecule has 0 bridgehead atoms. The van der Waals surface area contributed by atoms with E-state index in [9.17, 15) is 14.4 Å². The van der Waals surface area contributed by atoms with Crippen molar-refractivity contribution in [3.05, 3.63) is 71.0 Å². The van der Waals surface area contributed by atoms with Crippen molar-refractivity contribution in [1.29, 1.82) is 0 Å². The Morgan fingerprint density at radius 3 is 2.46 bits per heavy atom. The summed E-state index contributed by atoms with van der Waals surface area (Å²) in [6.45, 7) is 8.24. The van der Waals surface area contributed by atoms with Crippen molar-refractivity contribution in [2.45, 2.75) is 45.3 Å². The van der Waals surface area contributed by atoms with Gasteiger partial charge in [0, 0.05) is 18.3 Å². The number of hydrogen-bond donors (Lipinski definition) is 2. The third kappa shape index (κ3) is 7.66. The molecule has 0 fully saturated rings. The van der Waals surface area contributed by atoms with Gasteiger partial charge in [0.05, 0.1) is 24.0 Å². The van der Waals surface area contributed by atoms with Gasteiger partial charge in [0.1, 0.15) is 0 Å². The standard InChI is InChI=1S/C27H33N5O4S/c1-6-14-36-26(35)20-8-7-9-21(15-20)28-22(33)16-37-27-31-30-24(32(27)5)23(17(2)3)29-25(34)19-12-10-18(4)11-13-19/h7-13,15,17,23H,6,14,16H2,1-5H3,(H,28,33)(H,29,34)/t23-/m0/s1. The van der Waals surface area contributed by atoms with E-state index in [1.165, 1.54) is 11.8 Å². The number of carbonyl (C=O) groups excluding carboxylic acids is 3. The summed E-state index contributed by atoms with van der Waals surface area (Å²) in [5.74, 6) is -0.0873. The van der Waals surface area contributed by atoms with Crippen LogP contribution < -0.4 is 10.6 Å². The van der Waals surface area contributed by atoms with E-state index in [1.54, 1.807) is 41.0 Å². The van der Waals surface area contributed by atoms with Crippen LogP contribution in [0.5, 0.6) is 0 Å². The summed E-state index contributed by atoms with van der Waals surface area (Å²) in [6, 6.07) is 13.7. The highest BCUT2D eigenvalue weighted by molar-refractivity contribution is 7.99. The average molecular weight is 524 g/mol. The van der Waals surface area contributed by atoms with Crippen molar-refractivity contribution in [3.8, 4) is 0 Å². The highest BCUT2D eigenvalue weighted by atomic mass is 32.2. The second-order valence-corrected chi connectivity index (χ2v) is 9.96. The van der Waals surface area contributed by atoms with Gasteiger partial charge in [0.15, 0.2) is 11.0 Å². The van der Waals surface area contributed by atoms with E-state index in [4.69, 9.17) is 4.74 Å². The Hall–Kier alpha value is -3.66. The van der Waals surface area contributed by atoms with E-state index in [0.29, 0.717) is 34.4 Å². The minimum atomic E-state index is -0.423. The molecule has 3 rings (SSSR count). The zero-order chi connectivity index (χ0) is 26.9. The van der Waals surface area contributed by atoms with Crippen LogP contribution in [0, 0.1) is 12.8 Å². The van der Waals surface area contributed by atoms with Crippen LogP contribution in [0.3, 0.4) is 0 Å². The molecule has 0 aliphatic carbocycles. The molecule has 0 unspecified atom stereocenters. The first-order valence-electron chi connectivity index (χ1n) is 12.2. The van der Waals surface area contributed by atoms with Crippen LogP contribution in [0.25, 0.3) is 0 Å². The molecule has 2 aromatic carbocycles. The molecule has 1 heterocycles. The third-order valence-electron chi connectivity index (χ3n) is 5.57. The lowest BCUT2D eigenvalue weighted by Gasteiger charge is -2.21. The van der Waals surface area contributed by atoms with Gasteiger partial charge in [0.25, 0.3) is 5.91 Å². The third-order valence-corrected chi connectivity index (χ3v) is 6.59. The van der Waals surface area contributed by atoms with Crippen LogP contribution in [-0.2, 0) is 16.6 Å². The van der Waals surface area contributed by atoms with E-state index in [0.717, 1.165) is 12.0 Å². The van der Waals surface area contributed by atoms with Crippen molar-refractivity contribution in [2.75, 3.05) is 17.7 Å². The number of amides is 2. The van der Waals surface area contributed by atoms with Crippen LogP contribution in [0.2, 0.25) is 0 Å². The number of rotatable bonds is 11. The molecule has 10 heteroatoms. The first-order chi connectivity index (χ1) is 17.7. The van der Waals surface area contributed by atoms with Crippen LogP contribution in [0.15, 0.2) is 53.7 Å². The SMILES string of the molecule is CCCOC(=O)c1cccc(NC(=O)CSc2nnc([C@@H](NC(=O)c3ccc(C)cc3)C(C)C)n2C)c1. The van der Waals surface area contributed by atoms with Crippen molar-refractivity contribution in [1.82, 2.24) is 20.1 Å². The van der Waals surface area contributed by atoms with Gasteiger partial charge in [-0.2, -0.15) is 0 Å². The number of nitrogens with one attached hydrogen (secondary N) is 2. The fourth-order valence-electron chi connectivity index (χ4n) is 3.51. The molecule has 0 radical (unpaired) electrons. The molecule has 0 spiro atoms. The van der Waals surface area contributed by atoms with Crippen molar-refractivity contribution >= 4 is 35.2 Å². The summed E-state index contributed by atoms with van der Waals surface area (Å²) in [6.07, 6.45) is 0.736. The number of hydrogen-bond acceptors (Lipinski definition) is 7. The Bertz CT molecular complexity index is 1240. The van der Waals surface area contributed by atoms with E-state index in [2.05, 4.69) is 20.8 Å². The van der Waals surface area contributed by atoms with Crippen molar-refractivity contribution in [3.63, 3.8) is 0 Å². The summed E-state index contributed by atoms with van der Waals surface area (Å²) in [4.78, 5) is 37.4. The van der Waals surface area contributed by atoms with Gasteiger partial charge >= 0.3 is 5.97 Å². The Morgan fingerprint density at radius 1 is 1.05 bits per heavy atom. The molecule has 2 amide bonds. The summed E-state index contributed by atoms with van der Waals surface area (Å²) in [5.41, 5.74) is 2.55. The lowest BCUT2D eigenvalue weighted by Crippen LogP contribution is -2.33. The number of ether oxygens (including phenoxy) is 1. The molecular formula is C27H33N5O4S. The topological polar surface area (TPSA) is 115 Å². The Kier molecular flexibility index (Phi) is 9.85. The summed E-state index contributed by atoms with van der Waals surface area (Å²) < 4.78 is 6.94. The number of aryl methyl sites for hydroxylation is 1. The normalized spacial score (nSPS) is 11.7. The molecule has 1 aromatic heterocycles. The number of thioether (sulfide) groups is 1. The second kappa shape index (κ2) is 13.0. The molecule has 3 aromatic rings. The number of anilines is 1.